The average molecular weight is 622 g/mol. The highest BCUT2D eigenvalue weighted by atomic mass is 79.9. The number of carbonyl (C=O) groups excluding carboxylic acids is 3. The maximum absolute atomic E-state index is 12.8. The molecule has 11 heteroatoms. The molecule has 0 bridgehead atoms. The number of carbonyl (C=O) groups is 3. The van der Waals surface area contributed by atoms with Gasteiger partial charge in [0.05, 0.1) is 15.9 Å². The predicted octanol–water partition coefficient (Wildman–Crippen LogP) is 6.89. The van der Waals surface area contributed by atoms with Crippen molar-refractivity contribution in [3.05, 3.63) is 91.7 Å². The van der Waals surface area contributed by atoms with E-state index in [9.17, 15) is 14.4 Å². The SMILES string of the molecule is O=C(COc1ccc(/C=C2\SC(=O)N(CCOc3ccc(Cl)cc3)C2=O)cc1Br)Nc1ccc(Cl)cc1. The summed E-state index contributed by atoms with van der Waals surface area (Å²) < 4.78 is 11.8. The highest BCUT2D eigenvalue weighted by Gasteiger charge is 2.34. The van der Waals surface area contributed by atoms with Crippen LogP contribution >= 0.6 is 50.9 Å². The molecule has 0 aromatic heterocycles. The van der Waals surface area contributed by atoms with E-state index in [1.807, 2.05) is 0 Å². The summed E-state index contributed by atoms with van der Waals surface area (Å²) in [6, 6.07) is 18.7. The smallest absolute Gasteiger partial charge is 0.293 e. The Morgan fingerprint density at radius 1 is 0.973 bits per heavy atom. The summed E-state index contributed by atoms with van der Waals surface area (Å²) in [5, 5.41) is 3.53. The summed E-state index contributed by atoms with van der Waals surface area (Å²) in [6.45, 7) is 0.0902. The second kappa shape index (κ2) is 12.5. The highest BCUT2D eigenvalue weighted by Crippen LogP contribution is 2.34. The zero-order chi connectivity index (χ0) is 26.4. The van der Waals surface area contributed by atoms with Crippen LogP contribution in [-0.2, 0) is 9.59 Å². The molecule has 0 radical (unpaired) electrons. The second-order valence-electron chi connectivity index (χ2n) is 7.67. The molecule has 1 N–H and O–H groups in total. The fourth-order valence-corrected chi connectivity index (χ4v) is 4.86. The normalized spacial score (nSPS) is 14.2. The zero-order valence-corrected chi connectivity index (χ0v) is 23.0. The number of thioether (sulfide) groups is 1. The minimum absolute atomic E-state index is 0.124. The van der Waals surface area contributed by atoms with Gasteiger partial charge in [-0.05, 0) is 100.0 Å². The first-order valence-corrected chi connectivity index (χ1v) is 13.3. The first-order valence-electron chi connectivity index (χ1n) is 10.9. The molecule has 1 aliphatic rings. The van der Waals surface area contributed by atoms with E-state index in [4.69, 9.17) is 32.7 Å². The lowest BCUT2D eigenvalue weighted by atomic mass is 10.2. The van der Waals surface area contributed by atoms with E-state index in [1.54, 1.807) is 72.8 Å². The Bertz CT molecular complexity index is 1350. The molecule has 3 amide bonds. The molecule has 0 aliphatic carbocycles. The summed E-state index contributed by atoms with van der Waals surface area (Å²) >= 11 is 16.0. The van der Waals surface area contributed by atoms with Crippen LogP contribution in [0.1, 0.15) is 5.56 Å². The van der Waals surface area contributed by atoms with E-state index in [0.717, 1.165) is 16.7 Å². The van der Waals surface area contributed by atoms with Crippen LogP contribution in [0.5, 0.6) is 11.5 Å². The minimum Gasteiger partial charge on any atom is -0.492 e. The van der Waals surface area contributed by atoms with E-state index in [-0.39, 0.29) is 36.8 Å². The molecule has 190 valence electrons. The molecule has 0 unspecified atom stereocenters. The molecule has 3 aromatic carbocycles. The van der Waals surface area contributed by atoms with Crippen molar-refractivity contribution in [3.63, 3.8) is 0 Å². The number of hydrogen-bond donors (Lipinski definition) is 1. The van der Waals surface area contributed by atoms with Gasteiger partial charge in [0.1, 0.15) is 18.1 Å². The lowest BCUT2D eigenvalue weighted by molar-refractivity contribution is -0.123. The number of ether oxygens (including phenoxy) is 2. The Hall–Kier alpha value is -2.98. The van der Waals surface area contributed by atoms with Gasteiger partial charge in [-0.1, -0.05) is 29.3 Å². The number of nitrogens with zero attached hydrogens (tertiary/aromatic N) is 1. The molecule has 1 heterocycles. The standard InChI is InChI=1S/C26H19BrCl2N2O5S/c27-21-13-16(1-10-22(21)36-15-24(32)30-19-6-2-17(28)3-7-19)14-23-25(33)31(26(34)37-23)11-12-35-20-8-4-18(29)5-9-20/h1-10,13-14H,11-12,15H2,(H,30,32)/b23-14-. The van der Waals surface area contributed by atoms with Gasteiger partial charge in [-0.25, -0.2) is 0 Å². The van der Waals surface area contributed by atoms with Crippen molar-refractivity contribution in [1.29, 1.82) is 0 Å². The van der Waals surface area contributed by atoms with Crippen molar-refractivity contribution in [2.45, 2.75) is 0 Å². The summed E-state index contributed by atoms with van der Waals surface area (Å²) in [5.74, 6) is 0.342. The van der Waals surface area contributed by atoms with Crippen LogP contribution in [0.25, 0.3) is 6.08 Å². The maximum Gasteiger partial charge on any atom is 0.293 e. The fourth-order valence-electron chi connectivity index (χ4n) is 3.23. The number of nitrogens with one attached hydrogen (secondary N) is 1. The monoisotopic (exact) mass is 620 g/mol. The van der Waals surface area contributed by atoms with Gasteiger partial charge < -0.3 is 14.8 Å². The number of amides is 3. The lowest BCUT2D eigenvalue weighted by Gasteiger charge is -2.13. The summed E-state index contributed by atoms with van der Waals surface area (Å²) in [6.07, 6.45) is 1.63. The Kier molecular flexibility index (Phi) is 9.15. The van der Waals surface area contributed by atoms with Gasteiger partial charge in [0.25, 0.3) is 17.1 Å². The molecule has 4 rings (SSSR count). The molecule has 3 aromatic rings. The van der Waals surface area contributed by atoms with Crippen LogP contribution in [0, 0.1) is 0 Å². The van der Waals surface area contributed by atoms with Gasteiger partial charge in [-0.2, -0.15) is 0 Å². The number of rotatable bonds is 9. The highest BCUT2D eigenvalue weighted by molar-refractivity contribution is 9.10. The third-order valence-electron chi connectivity index (χ3n) is 5.01. The van der Waals surface area contributed by atoms with E-state index in [1.165, 1.54) is 0 Å². The number of imide groups is 1. The van der Waals surface area contributed by atoms with Crippen molar-refractivity contribution in [2.24, 2.45) is 0 Å². The van der Waals surface area contributed by atoms with Gasteiger partial charge in [-0.15, -0.1) is 0 Å². The van der Waals surface area contributed by atoms with Crippen LogP contribution in [0.4, 0.5) is 10.5 Å². The van der Waals surface area contributed by atoms with Gasteiger partial charge in [0.15, 0.2) is 6.61 Å². The van der Waals surface area contributed by atoms with Crippen molar-refractivity contribution in [2.75, 3.05) is 25.1 Å². The quantitative estimate of drug-likeness (QED) is 0.262. The van der Waals surface area contributed by atoms with Crippen LogP contribution < -0.4 is 14.8 Å². The number of hydrogen-bond acceptors (Lipinski definition) is 6. The first-order chi connectivity index (χ1) is 17.8. The molecule has 0 atom stereocenters. The Labute approximate surface area is 235 Å². The number of anilines is 1. The molecule has 1 aliphatic heterocycles. The summed E-state index contributed by atoms with van der Waals surface area (Å²) in [4.78, 5) is 38.7. The Morgan fingerprint density at radius 3 is 2.32 bits per heavy atom. The van der Waals surface area contributed by atoms with E-state index < -0.39 is 0 Å². The van der Waals surface area contributed by atoms with E-state index in [2.05, 4.69) is 21.2 Å². The van der Waals surface area contributed by atoms with Crippen molar-refractivity contribution in [1.82, 2.24) is 4.90 Å². The van der Waals surface area contributed by atoms with Gasteiger partial charge >= 0.3 is 0 Å². The van der Waals surface area contributed by atoms with Crippen molar-refractivity contribution < 1.29 is 23.9 Å². The molecule has 1 fully saturated rings. The molecular formula is C26H19BrCl2N2O5S. The van der Waals surface area contributed by atoms with Crippen molar-refractivity contribution >= 4 is 79.7 Å². The van der Waals surface area contributed by atoms with Gasteiger partial charge in [0.2, 0.25) is 0 Å². The second-order valence-corrected chi connectivity index (χ2v) is 10.4. The fraction of sp³-hybridized carbons (Fsp3) is 0.115. The van der Waals surface area contributed by atoms with Crippen LogP contribution in [-0.4, -0.2) is 41.7 Å². The topological polar surface area (TPSA) is 84.9 Å². The third-order valence-corrected chi connectivity index (χ3v) is 7.04. The molecule has 0 saturated carbocycles. The minimum atomic E-state index is -0.384. The van der Waals surface area contributed by atoms with E-state index >= 15 is 0 Å². The van der Waals surface area contributed by atoms with Crippen LogP contribution in [0.15, 0.2) is 76.1 Å². The Balaban J connectivity index is 1.31. The van der Waals surface area contributed by atoms with Crippen LogP contribution in [0.3, 0.4) is 0 Å². The lowest BCUT2D eigenvalue weighted by Crippen LogP contribution is -2.32. The predicted molar refractivity (Wildman–Crippen MR) is 149 cm³/mol. The molecule has 1 saturated heterocycles. The third kappa shape index (κ3) is 7.52. The van der Waals surface area contributed by atoms with Gasteiger partial charge in [-0.3, -0.25) is 19.3 Å². The summed E-state index contributed by atoms with van der Waals surface area (Å²) in [5.41, 5.74) is 1.30. The van der Waals surface area contributed by atoms with Crippen LogP contribution in [0.2, 0.25) is 10.0 Å². The molecule has 0 spiro atoms. The molecule has 7 nitrogen and oxygen atoms in total. The first kappa shape index (κ1) is 27.1. The van der Waals surface area contributed by atoms with E-state index in [0.29, 0.717) is 42.2 Å². The molecular weight excluding hydrogens is 603 g/mol. The van der Waals surface area contributed by atoms with Gasteiger partial charge in [0, 0.05) is 15.7 Å². The van der Waals surface area contributed by atoms with Crippen molar-refractivity contribution in [3.8, 4) is 11.5 Å². The average Bonchev–Trinajstić information content (AvgIpc) is 3.13. The number of benzene rings is 3. The maximum atomic E-state index is 12.8. The zero-order valence-electron chi connectivity index (χ0n) is 19.1. The Morgan fingerprint density at radius 2 is 1.65 bits per heavy atom. The summed E-state index contributed by atoms with van der Waals surface area (Å²) in [7, 11) is 0. The largest absolute Gasteiger partial charge is 0.492 e. The molecule has 37 heavy (non-hydrogen) atoms. The number of halogens is 3.